The molecule has 1 aliphatic heterocycles. The van der Waals surface area contributed by atoms with E-state index in [4.69, 9.17) is 15.1 Å². The number of carbonyl (C=O) groups excluding carboxylic acids is 1. The summed E-state index contributed by atoms with van der Waals surface area (Å²) in [7, 11) is 0. The molecule has 0 bridgehead atoms. The van der Waals surface area contributed by atoms with Crippen molar-refractivity contribution in [3.63, 3.8) is 0 Å². The van der Waals surface area contributed by atoms with Crippen LogP contribution < -0.4 is 15.5 Å². The maximum atomic E-state index is 12.4. The maximum Gasteiger partial charge on any atom is 0.265 e. The van der Waals surface area contributed by atoms with E-state index in [2.05, 4.69) is 32.7 Å². The van der Waals surface area contributed by atoms with Crippen molar-refractivity contribution in [1.82, 2.24) is 15.2 Å². The molecule has 1 atom stereocenters. The highest BCUT2D eigenvalue weighted by atomic mass is 32.1. The van der Waals surface area contributed by atoms with Crippen molar-refractivity contribution in [2.75, 3.05) is 35.3 Å². The number of thiophene rings is 1. The number of ether oxygens (including phenoxy) is 1. The summed E-state index contributed by atoms with van der Waals surface area (Å²) >= 11 is 1.40. The number of H-pyrrole nitrogens is 1. The average molecular weight is 488 g/mol. The first kappa shape index (κ1) is 22.8. The van der Waals surface area contributed by atoms with E-state index < -0.39 is 0 Å². The van der Waals surface area contributed by atoms with Crippen LogP contribution in [-0.4, -0.2) is 53.1 Å². The third kappa shape index (κ3) is 4.93. The van der Waals surface area contributed by atoms with Crippen molar-refractivity contribution in [3.8, 4) is 11.1 Å². The summed E-state index contributed by atoms with van der Waals surface area (Å²) in [6.07, 6.45) is 2.96. The quantitative estimate of drug-likeness (QED) is 0.279. The monoisotopic (exact) mass is 487 g/mol. The molecule has 5 rings (SSSR count). The van der Waals surface area contributed by atoms with Gasteiger partial charge in [-0.1, -0.05) is 18.2 Å². The molecule has 0 saturated carbocycles. The van der Waals surface area contributed by atoms with Crippen LogP contribution in [0, 0.1) is 5.41 Å². The molecule has 0 radical (unpaired) electrons. The molecule has 35 heavy (non-hydrogen) atoms. The van der Waals surface area contributed by atoms with Gasteiger partial charge in [0.2, 0.25) is 0 Å². The number of anilines is 4. The molecule has 1 fully saturated rings. The van der Waals surface area contributed by atoms with Gasteiger partial charge in [0.15, 0.2) is 0 Å². The number of aromatic amines is 1. The number of carbonyl (C=O) groups is 1. The summed E-state index contributed by atoms with van der Waals surface area (Å²) in [6.45, 7) is 4.10. The van der Waals surface area contributed by atoms with Gasteiger partial charge in [-0.3, -0.25) is 9.89 Å². The van der Waals surface area contributed by atoms with E-state index in [1.807, 2.05) is 47.8 Å². The Hall–Kier alpha value is -4.02. The van der Waals surface area contributed by atoms with Crippen molar-refractivity contribution >= 4 is 46.6 Å². The number of amides is 1. The Labute approximate surface area is 206 Å². The van der Waals surface area contributed by atoms with Gasteiger partial charge in [0, 0.05) is 30.1 Å². The fourth-order valence-electron chi connectivity index (χ4n) is 4.02. The van der Waals surface area contributed by atoms with E-state index in [1.165, 1.54) is 17.6 Å². The van der Waals surface area contributed by atoms with Crippen molar-refractivity contribution in [3.05, 3.63) is 70.5 Å². The molecule has 0 aliphatic carbocycles. The number of benzene rings is 1. The predicted molar refractivity (Wildman–Crippen MR) is 139 cm³/mol. The molecule has 0 unspecified atom stereocenters. The number of rotatable bonds is 7. The molecule has 1 aromatic carbocycles. The van der Waals surface area contributed by atoms with Crippen LogP contribution in [0.2, 0.25) is 0 Å². The van der Waals surface area contributed by atoms with Crippen molar-refractivity contribution in [2.45, 2.75) is 13.0 Å². The fourth-order valence-corrected chi connectivity index (χ4v) is 4.64. The van der Waals surface area contributed by atoms with Crippen LogP contribution in [-0.2, 0) is 4.74 Å². The second-order valence-corrected chi connectivity index (χ2v) is 9.10. The zero-order valence-corrected chi connectivity index (χ0v) is 19.9. The first-order valence-electron chi connectivity index (χ1n) is 11.2. The molecule has 178 valence electrons. The smallest absolute Gasteiger partial charge is 0.265 e. The van der Waals surface area contributed by atoms with E-state index in [1.54, 1.807) is 12.3 Å². The molecule has 10 heteroatoms. The Morgan fingerprint density at radius 2 is 2.14 bits per heavy atom. The molecule has 4 heterocycles. The molecular weight excluding hydrogens is 462 g/mol. The lowest BCUT2D eigenvalue weighted by molar-refractivity contribution is 0.0985. The third-order valence-electron chi connectivity index (χ3n) is 5.80. The number of hydrogen-bond donors (Lipinski definition) is 4. The highest BCUT2D eigenvalue weighted by molar-refractivity contribution is 7.12. The highest BCUT2D eigenvalue weighted by Gasteiger charge is 2.23. The molecule has 1 amide bonds. The number of nitrogens with zero attached hydrogens (tertiary/aromatic N) is 3. The zero-order chi connectivity index (χ0) is 24.2. The van der Waals surface area contributed by atoms with Gasteiger partial charge in [-0.05, 0) is 47.7 Å². The molecular formula is C25H25N7O2S. The zero-order valence-electron chi connectivity index (χ0n) is 19.1. The van der Waals surface area contributed by atoms with Crippen LogP contribution >= 0.6 is 11.3 Å². The standard InChI is InChI=1S/C25H25N7O2S/c1-16-15-34-11-10-32(16)23-13-19(20(14-26)24(30-23)29-22-8-9-27-31-22)17-4-6-18(7-5-17)28-25(33)21-3-2-12-35-21/h2-9,12-14,16,26H,10-11,15H2,1H3,(H,28,33)(H2,27,29,30,31)/t16-/m1/s1. The predicted octanol–water partition coefficient (Wildman–Crippen LogP) is 4.75. The number of nitrogens with one attached hydrogen (secondary N) is 4. The summed E-state index contributed by atoms with van der Waals surface area (Å²) in [5.41, 5.74) is 3.13. The fraction of sp³-hybridized carbons (Fsp3) is 0.200. The SMILES string of the molecule is C[C@@H]1COCCN1c1cc(-c2ccc(NC(=O)c3cccs3)cc2)c(C=N)c(Nc2ccn[nH]2)n1. The minimum atomic E-state index is -0.133. The molecule has 0 spiro atoms. The van der Waals surface area contributed by atoms with Crippen LogP contribution in [0.5, 0.6) is 0 Å². The first-order valence-corrected chi connectivity index (χ1v) is 12.1. The topological polar surface area (TPSA) is 119 Å². The van der Waals surface area contributed by atoms with Gasteiger partial charge < -0.3 is 25.7 Å². The minimum Gasteiger partial charge on any atom is -0.377 e. The maximum absolute atomic E-state index is 12.4. The number of pyridine rings is 1. The van der Waals surface area contributed by atoms with Crippen molar-refractivity contribution in [2.24, 2.45) is 0 Å². The lowest BCUT2D eigenvalue weighted by Gasteiger charge is -2.35. The van der Waals surface area contributed by atoms with Gasteiger partial charge >= 0.3 is 0 Å². The van der Waals surface area contributed by atoms with Gasteiger partial charge in [-0.2, -0.15) is 5.10 Å². The van der Waals surface area contributed by atoms with Crippen LogP contribution in [0.3, 0.4) is 0 Å². The van der Waals surface area contributed by atoms with Gasteiger partial charge in [0.05, 0.1) is 30.3 Å². The Bertz CT molecular complexity index is 1300. The molecule has 1 aliphatic rings. The number of morpholine rings is 1. The van der Waals surface area contributed by atoms with E-state index in [-0.39, 0.29) is 11.9 Å². The van der Waals surface area contributed by atoms with E-state index in [0.29, 0.717) is 41.0 Å². The summed E-state index contributed by atoms with van der Waals surface area (Å²) in [6, 6.07) is 15.3. The summed E-state index contributed by atoms with van der Waals surface area (Å²) < 4.78 is 5.61. The summed E-state index contributed by atoms with van der Waals surface area (Å²) in [5.74, 6) is 1.92. The normalized spacial score (nSPS) is 15.6. The lowest BCUT2D eigenvalue weighted by Crippen LogP contribution is -2.44. The van der Waals surface area contributed by atoms with E-state index in [0.717, 1.165) is 23.5 Å². The van der Waals surface area contributed by atoms with Crippen molar-refractivity contribution < 1.29 is 9.53 Å². The number of aromatic nitrogens is 3. The Morgan fingerprint density at radius 1 is 1.29 bits per heavy atom. The minimum absolute atomic E-state index is 0.133. The van der Waals surface area contributed by atoms with Gasteiger partial charge in [0.25, 0.3) is 5.91 Å². The molecule has 4 N–H and O–H groups in total. The molecule has 9 nitrogen and oxygen atoms in total. The highest BCUT2D eigenvalue weighted by Crippen LogP contribution is 2.34. The second kappa shape index (κ2) is 10.1. The second-order valence-electron chi connectivity index (χ2n) is 8.16. The van der Waals surface area contributed by atoms with Crippen LogP contribution in [0.25, 0.3) is 11.1 Å². The van der Waals surface area contributed by atoms with Crippen LogP contribution in [0.1, 0.15) is 22.2 Å². The van der Waals surface area contributed by atoms with E-state index >= 15 is 0 Å². The summed E-state index contributed by atoms with van der Waals surface area (Å²) in [4.78, 5) is 20.2. The Morgan fingerprint density at radius 3 is 2.83 bits per heavy atom. The van der Waals surface area contributed by atoms with Gasteiger partial charge in [-0.15, -0.1) is 11.3 Å². The van der Waals surface area contributed by atoms with Crippen LogP contribution in [0.4, 0.5) is 23.1 Å². The molecule has 1 saturated heterocycles. The molecule has 4 aromatic rings. The largest absolute Gasteiger partial charge is 0.377 e. The third-order valence-corrected chi connectivity index (χ3v) is 6.67. The Balaban J connectivity index is 1.51. The van der Waals surface area contributed by atoms with Gasteiger partial charge in [-0.25, -0.2) is 4.98 Å². The van der Waals surface area contributed by atoms with Gasteiger partial charge in [0.1, 0.15) is 17.5 Å². The first-order chi connectivity index (χ1) is 17.1. The van der Waals surface area contributed by atoms with Crippen LogP contribution in [0.15, 0.2) is 60.1 Å². The van der Waals surface area contributed by atoms with E-state index in [9.17, 15) is 4.79 Å². The summed E-state index contributed by atoms with van der Waals surface area (Å²) in [5, 5.41) is 23.1. The Kier molecular flexibility index (Phi) is 6.55. The van der Waals surface area contributed by atoms with Crippen molar-refractivity contribution in [1.29, 1.82) is 5.41 Å². The average Bonchev–Trinajstić information content (AvgIpc) is 3.59. The number of hydrogen-bond acceptors (Lipinski definition) is 8. The lowest BCUT2D eigenvalue weighted by atomic mass is 10.00. The molecule has 3 aromatic heterocycles.